The number of hydrogen-bond acceptors (Lipinski definition) is 6. The highest BCUT2D eigenvalue weighted by Gasteiger charge is 2.31. The van der Waals surface area contributed by atoms with Crippen LogP contribution in [0, 0.1) is 0 Å². The number of aliphatic carboxylic acids is 1. The highest BCUT2D eigenvalue weighted by Crippen LogP contribution is 2.44. The van der Waals surface area contributed by atoms with Crippen molar-refractivity contribution >= 4 is 18.0 Å². The van der Waals surface area contributed by atoms with E-state index in [2.05, 4.69) is 5.32 Å². The highest BCUT2D eigenvalue weighted by molar-refractivity contribution is 5.89. The summed E-state index contributed by atoms with van der Waals surface area (Å²) in [6, 6.07) is 14.5. The van der Waals surface area contributed by atoms with E-state index in [-0.39, 0.29) is 19.1 Å². The minimum Gasteiger partial charge on any atom is -0.481 e. The molecule has 0 fully saturated rings. The lowest BCUT2D eigenvalue weighted by molar-refractivity contribution is -0.142. The summed E-state index contributed by atoms with van der Waals surface area (Å²) in [7, 11) is 5.03. The molecule has 34 heavy (non-hydrogen) atoms. The van der Waals surface area contributed by atoms with Crippen LogP contribution in [0.3, 0.4) is 0 Å². The first-order valence-electron chi connectivity index (χ1n) is 11.1. The second-order valence-electron chi connectivity index (χ2n) is 8.76. The van der Waals surface area contributed by atoms with Gasteiger partial charge in [-0.2, -0.15) is 0 Å². The number of carboxylic acid groups (broad SMARTS) is 1. The maximum absolute atomic E-state index is 12.8. The normalized spacial score (nSPS) is 14.1. The van der Waals surface area contributed by atoms with Crippen molar-refractivity contribution in [3.8, 4) is 11.1 Å². The summed E-state index contributed by atoms with van der Waals surface area (Å²) >= 11 is 0. The Bertz CT molecular complexity index is 995. The molecule has 0 bridgehead atoms. The van der Waals surface area contributed by atoms with E-state index in [9.17, 15) is 24.6 Å². The van der Waals surface area contributed by atoms with Gasteiger partial charge in [0.25, 0.3) is 0 Å². The van der Waals surface area contributed by atoms with Gasteiger partial charge in [-0.25, -0.2) is 4.79 Å². The van der Waals surface area contributed by atoms with Gasteiger partial charge in [0.1, 0.15) is 12.6 Å². The van der Waals surface area contributed by atoms with Gasteiger partial charge in [-0.3, -0.25) is 9.59 Å². The molecule has 0 spiro atoms. The number of likely N-dealkylation sites (N-methyl/N-ethyl adjacent to an activating group) is 2. The average Bonchev–Trinajstić information content (AvgIpc) is 3.09. The number of amides is 2. The SMILES string of the molecule is CN(C)CC(O)CN(C)C(=O)C(CC(=O)O)NC(=O)OCC1c2ccccc2-c2ccccc21. The maximum atomic E-state index is 12.8. The molecule has 2 amide bonds. The van der Waals surface area contributed by atoms with E-state index in [1.165, 1.54) is 11.9 Å². The number of carboxylic acids is 1. The molecule has 2 aromatic rings. The summed E-state index contributed by atoms with van der Waals surface area (Å²) in [5, 5.41) is 21.7. The van der Waals surface area contributed by atoms with E-state index >= 15 is 0 Å². The summed E-state index contributed by atoms with van der Waals surface area (Å²) in [6.07, 6.45) is -2.29. The van der Waals surface area contributed by atoms with Gasteiger partial charge in [-0.1, -0.05) is 48.5 Å². The first-order chi connectivity index (χ1) is 16.2. The van der Waals surface area contributed by atoms with Crippen molar-refractivity contribution in [3.63, 3.8) is 0 Å². The van der Waals surface area contributed by atoms with Gasteiger partial charge in [0.05, 0.1) is 12.5 Å². The zero-order chi connectivity index (χ0) is 24.8. The molecule has 2 unspecified atom stereocenters. The van der Waals surface area contributed by atoms with Crippen LogP contribution < -0.4 is 5.32 Å². The smallest absolute Gasteiger partial charge is 0.407 e. The number of aliphatic hydroxyl groups excluding tert-OH is 1. The second kappa shape index (κ2) is 11.1. The third kappa shape index (κ3) is 6.12. The van der Waals surface area contributed by atoms with Gasteiger partial charge >= 0.3 is 12.1 Å². The van der Waals surface area contributed by atoms with Gasteiger partial charge in [-0.15, -0.1) is 0 Å². The molecule has 0 aliphatic heterocycles. The average molecular weight is 470 g/mol. The van der Waals surface area contributed by atoms with E-state index in [4.69, 9.17) is 4.74 Å². The van der Waals surface area contributed by atoms with Crippen molar-refractivity contribution in [3.05, 3.63) is 59.7 Å². The topological polar surface area (TPSA) is 119 Å². The van der Waals surface area contributed by atoms with Crippen LogP contribution in [0.15, 0.2) is 48.5 Å². The lowest BCUT2D eigenvalue weighted by Crippen LogP contribution is -2.50. The Morgan fingerprint density at radius 1 is 0.971 bits per heavy atom. The molecule has 1 aliphatic carbocycles. The van der Waals surface area contributed by atoms with Gasteiger partial charge in [-0.05, 0) is 36.3 Å². The van der Waals surface area contributed by atoms with E-state index < -0.39 is 36.5 Å². The molecular formula is C25H31N3O6. The Morgan fingerprint density at radius 2 is 1.53 bits per heavy atom. The van der Waals surface area contributed by atoms with E-state index in [1.54, 1.807) is 19.0 Å². The molecule has 182 valence electrons. The van der Waals surface area contributed by atoms with Gasteiger partial charge < -0.3 is 30.1 Å². The van der Waals surface area contributed by atoms with E-state index in [0.717, 1.165) is 22.3 Å². The van der Waals surface area contributed by atoms with E-state index in [1.807, 2.05) is 48.5 Å². The first-order valence-corrected chi connectivity index (χ1v) is 11.1. The van der Waals surface area contributed by atoms with Crippen LogP contribution in [0.2, 0.25) is 0 Å². The summed E-state index contributed by atoms with van der Waals surface area (Å²) in [6.45, 7) is 0.381. The molecule has 2 aromatic carbocycles. The molecule has 0 saturated heterocycles. The molecule has 3 N–H and O–H groups in total. The quantitative estimate of drug-likeness (QED) is 0.485. The molecule has 9 nitrogen and oxygen atoms in total. The molecule has 0 heterocycles. The van der Waals surface area contributed by atoms with Crippen molar-refractivity contribution in [1.29, 1.82) is 0 Å². The van der Waals surface area contributed by atoms with Gasteiger partial charge in [0.15, 0.2) is 0 Å². The second-order valence-corrected chi connectivity index (χ2v) is 8.76. The van der Waals surface area contributed by atoms with Gasteiger partial charge in [0.2, 0.25) is 5.91 Å². The number of alkyl carbamates (subject to hydrolysis) is 1. The fraction of sp³-hybridized carbons (Fsp3) is 0.400. The monoisotopic (exact) mass is 469 g/mol. The van der Waals surface area contributed by atoms with Crippen LogP contribution in [0.1, 0.15) is 23.5 Å². The summed E-state index contributed by atoms with van der Waals surface area (Å²) in [5.74, 6) is -2.01. The number of hydrogen-bond donors (Lipinski definition) is 3. The largest absolute Gasteiger partial charge is 0.481 e. The Morgan fingerprint density at radius 3 is 2.06 bits per heavy atom. The lowest BCUT2D eigenvalue weighted by Gasteiger charge is -2.26. The number of ether oxygens (including phenoxy) is 1. The predicted octanol–water partition coefficient (Wildman–Crippen LogP) is 1.75. The van der Waals surface area contributed by atoms with Crippen LogP contribution >= 0.6 is 0 Å². The van der Waals surface area contributed by atoms with Crippen LogP contribution in [-0.4, -0.2) is 91.0 Å². The van der Waals surface area contributed by atoms with Crippen molar-refractivity contribution in [2.75, 3.05) is 40.8 Å². The number of carbonyl (C=O) groups excluding carboxylic acids is 2. The summed E-state index contributed by atoms with van der Waals surface area (Å²) < 4.78 is 5.45. The Hall–Kier alpha value is -3.43. The van der Waals surface area contributed by atoms with Crippen molar-refractivity contribution in [2.24, 2.45) is 0 Å². The number of benzene rings is 2. The number of nitrogens with zero attached hydrogens (tertiary/aromatic N) is 2. The third-order valence-corrected chi connectivity index (χ3v) is 5.75. The first kappa shape index (κ1) is 25.2. The van der Waals surface area contributed by atoms with Crippen LogP contribution in [-0.2, 0) is 14.3 Å². The maximum Gasteiger partial charge on any atom is 0.407 e. The molecular weight excluding hydrogens is 438 g/mol. The molecule has 0 radical (unpaired) electrons. The number of fused-ring (bicyclic) bond motifs is 3. The molecule has 3 rings (SSSR count). The Balaban J connectivity index is 1.64. The molecule has 0 aromatic heterocycles. The molecule has 1 aliphatic rings. The highest BCUT2D eigenvalue weighted by atomic mass is 16.5. The number of rotatable bonds is 10. The Kier molecular flexibility index (Phi) is 8.25. The number of aliphatic hydroxyl groups is 1. The Labute approximate surface area is 198 Å². The van der Waals surface area contributed by atoms with Crippen molar-refractivity contribution in [2.45, 2.75) is 24.5 Å². The fourth-order valence-electron chi connectivity index (χ4n) is 4.31. The zero-order valence-electron chi connectivity index (χ0n) is 19.6. The molecule has 0 saturated carbocycles. The molecule has 9 heteroatoms. The van der Waals surface area contributed by atoms with E-state index in [0.29, 0.717) is 6.54 Å². The van der Waals surface area contributed by atoms with Crippen LogP contribution in [0.4, 0.5) is 4.79 Å². The van der Waals surface area contributed by atoms with Crippen LogP contribution in [0.5, 0.6) is 0 Å². The van der Waals surface area contributed by atoms with Gasteiger partial charge in [0, 0.05) is 26.1 Å². The minimum absolute atomic E-state index is 0.000494. The lowest BCUT2D eigenvalue weighted by atomic mass is 9.98. The summed E-state index contributed by atoms with van der Waals surface area (Å²) in [5.41, 5.74) is 4.27. The zero-order valence-corrected chi connectivity index (χ0v) is 19.6. The number of carbonyl (C=O) groups is 3. The van der Waals surface area contributed by atoms with Crippen LogP contribution in [0.25, 0.3) is 11.1 Å². The van der Waals surface area contributed by atoms with Crippen molar-refractivity contribution < 1.29 is 29.3 Å². The fourth-order valence-corrected chi connectivity index (χ4v) is 4.31. The minimum atomic E-state index is -1.32. The number of nitrogens with one attached hydrogen (secondary N) is 1. The molecule has 2 atom stereocenters. The summed E-state index contributed by atoms with van der Waals surface area (Å²) in [4.78, 5) is 39.6. The van der Waals surface area contributed by atoms with Crippen molar-refractivity contribution in [1.82, 2.24) is 15.1 Å². The third-order valence-electron chi connectivity index (χ3n) is 5.75. The standard InChI is InChI=1S/C25H31N3O6/c1-27(2)13-16(29)14-28(3)24(32)22(12-23(30)31)26-25(33)34-15-21-19-10-6-4-8-17(19)18-9-5-7-11-20(18)21/h4-11,16,21-22,29H,12-15H2,1-3H3,(H,26,33)(H,30,31). The predicted molar refractivity (Wildman–Crippen MR) is 126 cm³/mol.